The average molecular weight is 554 g/mol. The molecule has 7 nitrogen and oxygen atoms in total. The van der Waals surface area contributed by atoms with Gasteiger partial charge in [0, 0.05) is 22.9 Å². The monoisotopic (exact) mass is 553 g/mol. The molecule has 0 aliphatic carbocycles. The molecular weight excluding hydrogens is 527 g/mol. The Kier molecular flexibility index (Phi) is 8.03. The molecule has 11 heteroatoms. The molecule has 39 heavy (non-hydrogen) atoms. The molecule has 1 heterocycles. The Bertz CT molecular complexity index is 1530. The van der Waals surface area contributed by atoms with Gasteiger partial charge in [-0.3, -0.25) is 5.01 Å². The van der Waals surface area contributed by atoms with Crippen LogP contribution in [0.5, 0.6) is 0 Å². The molecule has 4 aromatic rings. The van der Waals surface area contributed by atoms with Crippen LogP contribution in [0.3, 0.4) is 0 Å². The third-order valence-electron chi connectivity index (χ3n) is 6.09. The molecule has 0 aliphatic rings. The van der Waals surface area contributed by atoms with Gasteiger partial charge in [0.15, 0.2) is 5.69 Å². The number of carbonyl (C=O) groups excluding carboxylic acids is 1. The highest BCUT2D eigenvalue weighted by Crippen LogP contribution is 2.36. The number of aromatic nitrogens is 2. The SMILES string of the molecule is COC(=O)c1ccc(/C(=C/N)N(N)c2cc(-c3cccc(SC)c3)ccc2-n2cc(C(F)(F)F)nc2C)cc1. The molecule has 0 radical (unpaired) electrons. The Morgan fingerprint density at radius 1 is 1.05 bits per heavy atom. The number of ether oxygens (including phenoxy) is 1. The molecule has 3 aromatic carbocycles. The third kappa shape index (κ3) is 5.79. The summed E-state index contributed by atoms with van der Waals surface area (Å²) in [6, 6.07) is 19.6. The molecule has 0 unspecified atom stereocenters. The van der Waals surface area contributed by atoms with Crippen LogP contribution in [0.2, 0.25) is 0 Å². The van der Waals surface area contributed by atoms with Crippen LogP contribution in [0.4, 0.5) is 18.9 Å². The molecule has 1 aromatic heterocycles. The predicted molar refractivity (Wildman–Crippen MR) is 147 cm³/mol. The molecule has 202 valence electrons. The van der Waals surface area contributed by atoms with E-state index in [1.165, 1.54) is 29.8 Å². The van der Waals surface area contributed by atoms with Crippen molar-refractivity contribution in [1.29, 1.82) is 0 Å². The minimum Gasteiger partial charge on any atom is -0.465 e. The lowest BCUT2D eigenvalue weighted by atomic mass is 10.0. The molecule has 0 saturated carbocycles. The molecule has 4 rings (SSSR count). The molecular formula is C28H26F3N5O2S. The number of carbonyl (C=O) groups is 1. The smallest absolute Gasteiger partial charge is 0.434 e. The number of hydrogen-bond acceptors (Lipinski definition) is 7. The van der Waals surface area contributed by atoms with Crippen LogP contribution in [0, 0.1) is 6.92 Å². The van der Waals surface area contributed by atoms with E-state index in [-0.39, 0.29) is 5.82 Å². The Labute approximate surface area is 227 Å². The summed E-state index contributed by atoms with van der Waals surface area (Å²) >= 11 is 1.59. The van der Waals surface area contributed by atoms with Gasteiger partial charge in [-0.15, -0.1) is 11.8 Å². The van der Waals surface area contributed by atoms with Crippen molar-refractivity contribution in [2.75, 3.05) is 18.4 Å². The van der Waals surface area contributed by atoms with Crippen LogP contribution in [0.25, 0.3) is 22.5 Å². The van der Waals surface area contributed by atoms with Gasteiger partial charge in [0.1, 0.15) is 5.82 Å². The summed E-state index contributed by atoms with van der Waals surface area (Å²) < 4.78 is 46.5. The van der Waals surface area contributed by atoms with E-state index in [0.717, 1.165) is 22.2 Å². The fourth-order valence-electron chi connectivity index (χ4n) is 4.10. The van der Waals surface area contributed by atoms with Gasteiger partial charge in [-0.2, -0.15) is 13.2 Å². The number of hydrazine groups is 1. The van der Waals surface area contributed by atoms with Gasteiger partial charge in [0.2, 0.25) is 0 Å². The molecule has 4 N–H and O–H groups in total. The van der Waals surface area contributed by atoms with Crippen molar-refractivity contribution in [3.05, 3.63) is 102 Å². The van der Waals surface area contributed by atoms with Gasteiger partial charge >= 0.3 is 12.1 Å². The summed E-state index contributed by atoms with van der Waals surface area (Å²) in [5.41, 5.74) is 8.70. The first kappa shape index (κ1) is 27.8. The van der Waals surface area contributed by atoms with E-state index >= 15 is 0 Å². The van der Waals surface area contributed by atoms with E-state index in [1.54, 1.807) is 48.2 Å². The second-order valence-electron chi connectivity index (χ2n) is 8.47. The zero-order valence-corrected chi connectivity index (χ0v) is 22.2. The van der Waals surface area contributed by atoms with Gasteiger partial charge in [0.25, 0.3) is 0 Å². The molecule has 0 atom stereocenters. The van der Waals surface area contributed by atoms with Gasteiger partial charge in [-0.1, -0.05) is 30.3 Å². The first-order valence-corrected chi connectivity index (χ1v) is 12.9. The number of nitrogens with zero attached hydrogens (tertiary/aromatic N) is 3. The van der Waals surface area contributed by atoms with E-state index < -0.39 is 17.8 Å². The summed E-state index contributed by atoms with van der Waals surface area (Å²) in [5, 5.41) is 1.30. The van der Waals surface area contributed by atoms with Crippen molar-refractivity contribution in [2.24, 2.45) is 11.6 Å². The van der Waals surface area contributed by atoms with Crippen molar-refractivity contribution >= 4 is 29.1 Å². The maximum Gasteiger partial charge on any atom is 0.434 e. The molecule has 0 fully saturated rings. The predicted octanol–water partition coefficient (Wildman–Crippen LogP) is 6.01. The van der Waals surface area contributed by atoms with Crippen molar-refractivity contribution in [1.82, 2.24) is 9.55 Å². The maximum atomic E-state index is 13.5. The van der Waals surface area contributed by atoms with Crippen LogP contribution < -0.4 is 16.6 Å². The largest absolute Gasteiger partial charge is 0.465 e. The van der Waals surface area contributed by atoms with Crippen LogP contribution >= 0.6 is 11.8 Å². The topological polar surface area (TPSA) is 99.4 Å². The Balaban J connectivity index is 1.87. The number of esters is 1. The van der Waals surface area contributed by atoms with Crippen LogP contribution in [-0.2, 0) is 10.9 Å². The van der Waals surface area contributed by atoms with Crippen molar-refractivity contribution in [3.63, 3.8) is 0 Å². The number of benzene rings is 3. The van der Waals surface area contributed by atoms with Gasteiger partial charge in [-0.25, -0.2) is 15.6 Å². The highest BCUT2D eigenvalue weighted by atomic mass is 32.2. The summed E-state index contributed by atoms with van der Waals surface area (Å²) in [4.78, 5) is 16.6. The van der Waals surface area contributed by atoms with Crippen LogP contribution in [-0.4, -0.2) is 28.9 Å². The maximum absolute atomic E-state index is 13.5. The van der Waals surface area contributed by atoms with E-state index in [2.05, 4.69) is 4.98 Å². The molecule has 0 saturated heterocycles. The van der Waals surface area contributed by atoms with E-state index in [9.17, 15) is 18.0 Å². The van der Waals surface area contributed by atoms with Crippen molar-refractivity contribution in [2.45, 2.75) is 18.0 Å². The fourth-order valence-corrected chi connectivity index (χ4v) is 4.56. The number of anilines is 1. The minimum absolute atomic E-state index is 0.134. The number of rotatable bonds is 7. The zero-order valence-electron chi connectivity index (χ0n) is 21.4. The highest BCUT2D eigenvalue weighted by molar-refractivity contribution is 7.98. The van der Waals surface area contributed by atoms with Gasteiger partial charge < -0.3 is 15.0 Å². The van der Waals surface area contributed by atoms with Crippen LogP contribution in [0.15, 0.2) is 84.0 Å². The summed E-state index contributed by atoms with van der Waals surface area (Å²) in [6.45, 7) is 1.49. The Morgan fingerprint density at radius 2 is 1.72 bits per heavy atom. The first-order valence-electron chi connectivity index (χ1n) is 11.6. The van der Waals surface area contributed by atoms with E-state index in [0.29, 0.717) is 28.2 Å². The Hall–Kier alpha value is -4.22. The lowest BCUT2D eigenvalue weighted by Gasteiger charge is -2.26. The molecule has 0 amide bonds. The first-order chi connectivity index (χ1) is 18.6. The Morgan fingerprint density at radius 3 is 2.31 bits per heavy atom. The number of halogens is 3. The van der Waals surface area contributed by atoms with Crippen molar-refractivity contribution in [3.8, 4) is 16.8 Å². The quantitative estimate of drug-likeness (QED) is 0.125. The number of methoxy groups -OCH3 is 1. The standard InChI is InChI=1S/C28H26F3N5O2S/c1-17-34-26(28(29,30)31)16-35(17)23-12-11-21(20-5-4-6-22(13-20)39-3)14-24(23)36(33)25(15-32)18-7-9-19(10-8-18)27(37)38-2/h4-16H,32-33H2,1-3H3/b25-15-. The van der Waals surface area contributed by atoms with Gasteiger partial charge in [-0.05, 0) is 60.7 Å². The molecule has 0 bridgehead atoms. The zero-order chi connectivity index (χ0) is 28.3. The lowest BCUT2D eigenvalue weighted by molar-refractivity contribution is -0.141. The highest BCUT2D eigenvalue weighted by Gasteiger charge is 2.35. The minimum atomic E-state index is -4.61. The molecule has 0 aliphatic heterocycles. The number of hydrogen-bond donors (Lipinski definition) is 2. The fraction of sp³-hybridized carbons (Fsp3) is 0.143. The number of thioether (sulfide) groups is 1. The second-order valence-corrected chi connectivity index (χ2v) is 9.35. The average Bonchev–Trinajstić information content (AvgIpc) is 3.35. The number of aryl methyl sites for hydroxylation is 1. The molecule has 0 spiro atoms. The lowest BCUT2D eigenvalue weighted by Crippen LogP contribution is -2.31. The van der Waals surface area contributed by atoms with E-state index in [4.69, 9.17) is 16.3 Å². The second kappa shape index (κ2) is 11.3. The van der Waals surface area contributed by atoms with Crippen LogP contribution in [0.1, 0.15) is 27.4 Å². The number of alkyl halides is 3. The summed E-state index contributed by atoms with van der Waals surface area (Å²) in [7, 11) is 1.29. The van der Waals surface area contributed by atoms with E-state index in [1.807, 2.05) is 36.6 Å². The number of nitrogens with two attached hydrogens (primary N) is 2. The normalized spacial score (nSPS) is 11.9. The van der Waals surface area contributed by atoms with Gasteiger partial charge in [0.05, 0.1) is 29.7 Å². The summed E-state index contributed by atoms with van der Waals surface area (Å²) in [6.07, 6.45) is -0.410. The third-order valence-corrected chi connectivity index (χ3v) is 6.81. The summed E-state index contributed by atoms with van der Waals surface area (Å²) in [5.74, 6) is 6.26. The van der Waals surface area contributed by atoms with Crippen molar-refractivity contribution < 1.29 is 22.7 Å². The number of imidazole rings is 1.